The van der Waals surface area contributed by atoms with Crippen LogP contribution in [0, 0.1) is 17.8 Å². The van der Waals surface area contributed by atoms with Crippen molar-refractivity contribution in [2.75, 3.05) is 7.11 Å². The number of esters is 1. The molecule has 5 unspecified atom stereocenters. The molecular weight excluding hydrogens is 202 g/mol. The molecule has 2 saturated carbocycles. The average molecular weight is 225 g/mol. The molecule has 16 heavy (non-hydrogen) atoms. The van der Waals surface area contributed by atoms with Gasteiger partial charge < -0.3 is 10.1 Å². The fourth-order valence-corrected chi connectivity index (χ4v) is 3.67. The van der Waals surface area contributed by atoms with Crippen LogP contribution in [0.5, 0.6) is 0 Å². The van der Waals surface area contributed by atoms with E-state index in [0.717, 1.165) is 17.8 Å². The molecule has 1 N–H and O–H groups in total. The average Bonchev–Trinajstić information content (AvgIpc) is 2.89. The van der Waals surface area contributed by atoms with Gasteiger partial charge in [0.25, 0.3) is 0 Å². The van der Waals surface area contributed by atoms with Gasteiger partial charge in [0, 0.05) is 6.04 Å². The van der Waals surface area contributed by atoms with Gasteiger partial charge >= 0.3 is 5.97 Å². The van der Waals surface area contributed by atoms with E-state index in [4.69, 9.17) is 4.74 Å². The Bertz CT molecular complexity index is 267. The van der Waals surface area contributed by atoms with Gasteiger partial charge in [-0.2, -0.15) is 0 Å². The quantitative estimate of drug-likeness (QED) is 0.743. The Balaban J connectivity index is 1.84. The third-order valence-electron chi connectivity index (χ3n) is 4.50. The molecule has 5 atom stereocenters. The lowest BCUT2D eigenvalue weighted by molar-refractivity contribution is -0.143. The second-order valence-corrected chi connectivity index (χ2v) is 5.54. The molecule has 2 aliphatic carbocycles. The third-order valence-corrected chi connectivity index (χ3v) is 4.50. The molecule has 0 radical (unpaired) electrons. The third kappa shape index (κ3) is 2.24. The monoisotopic (exact) mass is 225 g/mol. The molecule has 2 rings (SSSR count). The van der Waals surface area contributed by atoms with Crippen LogP contribution in [0.4, 0.5) is 0 Å². The summed E-state index contributed by atoms with van der Waals surface area (Å²) in [6, 6.07) is 0.253. The lowest BCUT2D eigenvalue weighted by atomic mass is 9.84. The van der Waals surface area contributed by atoms with Gasteiger partial charge in [-0.05, 0) is 50.9 Å². The number of ether oxygens (including phenoxy) is 1. The molecule has 2 aliphatic rings. The summed E-state index contributed by atoms with van der Waals surface area (Å²) in [5, 5.41) is 3.38. The van der Waals surface area contributed by atoms with Crippen LogP contribution < -0.4 is 5.32 Å². The van der Waals surface area contributed by atoms with Crippen LogP contribution in [0.3, 0.4) is 0 Å². The maximum absolute atomic E-state index is 11.3. The van der Waals surface area contributed by atoms with Crippen molar-refractivity contribution in [2.24, 2.45) is 17.8 Å². The van der Waals surface area contributed by atoms with Crippen molar-refractivity contribution < 1.29 is 9.53 Å². The van der Waals surface area contributed by atoms with E-state index in [1.807, 2.05) is 6.92 Å². The highest BCUT2D eigenvalue weighted by Gasteiger charge is 2.42. The van der Waals surface area contributed by atoms with E-state index in [1.54, 1.807) is 0 Å². The molecule has 2 bridgehead atoms. The fourth-order valence-electron chi connectivity index (χ4n) is 3.67. The van der Waals surface area contributed by atoms with E-state index in [-0.39, 0.29) is 12.0 Å². The highest BCUT2D eigenvalue weighted by molar-refractivity contribution is 5.75. The van der Waals surface area contributed by atoms with Crippen molar-refractivity contribution in [3.05, 3.63) is 0 Å². The summed E-state index contributed by atoms with van der Waals surface area (Å²) >= 11 is 0. The number of hydrogen-bond donors (Lipinski definition) is 1. The molecule has 2 fully saturated rings. The summed E-state index contributed by atoms with van der Waals surface area (Å²) in [5.74, 6) is 2.48. The maximum Gasteiger partial charge on any atom is 0.322 e. The standard InChI is InChI=1S/C13H23NO2/c1-8(14-9(2)13(15)16-3)12-7-10-4-5-11(12)6-10/h8-12,14H,4-7H2,1-3H3. The Labute approximate surface area is 97.9 Å². The van der Waals surface area contributed by atoms with Gasteiger partial charge in [0.15, 0.2) is 0 Å². The fraction of sp³-hybridized carbons (Fsp3) is 0.923. The largest absolute Gasteiger partial charge is 0.468 e. The van der Waals surface area contributed by atoms with Gasteiger partial charge in [-0.1, -0.05) is 6.42 Å². The predicted molar refractivity (Wildman–Crippen MR) is 63.0 cm³/mol. The Hall–Kier alpha value is -0.570. The highest BCUT2D eigenvalue weighted by Crippen LogP contribution is 2.49. The van der Waals surface area contributed by atoms with Crippen molar-refractivity contribution >= 4 is 5.97 Å². The van der Waals surface area contributed by atoms with E-state index in [9.17, 15) is 4.79 Å². The summed E-state index contributed by atoms with van der Waals surface area (Å²) in [6.45, 7) is 4.10. The van der Waals surface area contributed by atoms with E-state index in [2.05, 4.69) is 12.2 Å². The molecule has 92 valence electrons. The number of rotatable bonds is 4. The van der Waals surface area contributed by atoms with E-state index >= 15 is 0 Å². The second-order valence-electron chi connectivity index (χ2n) is 5.54. The van der Waals surface area contributed by atoms with Crippen molar-refractivity contribution in [3.63, 3.8) is 0 Å². The predicted octanol–water partition coefficient (Wildman–Crippen LogP) is 1.96. The van der Waals surface area contributed by atoms with Gasteiger partial charge in [0.2, 0.25) is 0 Å². The van der Waals surface area contributed by atoms with Crippen LogP contribution >= 0.6 is 0 Å². The molecule has 0 aromatic carbocycles. The minimum absolute atomic E-state index is 0.157. The number of carbonyl (C=O) groups is 1. The van der Waals surface area contributed by atoms with Crippen LogP contribution in [0.1, 0.15) is 39.5 Å². The number of fused-ring (bicyclic) bond motifs is 2. The van der Waals surface area contributed by atoms with E-state index in [1.165, 1.54) is 32.8 Å². The molecule has 0 aliphatic heterocycles. The first-order valence-corrected chi connectivity index (χ1v) is 6.45. The SMILES string of the molecule is COC(=O)C(C)NC(C)C1CC2CCC1C2. The van der Waals surface area contributed by atoms with Crippen LogP contribution in [-0.2, 0) is 9.53 Å². The van der Waals surface area contributed by atoms with Crippen LogP contribution in [0.15, 0.2) is 0 Å². The lowest BCUT2D eigenvalue weighted by Crippen LogP contribution is -2.45. The van der Waals surface area contributed by atoms with E-state index < -0.39 is 0 Å². The summed E-state index contributed by atoms with van der Waals surface area (Å²) in [5.41, 5.74) is 0. The normalized spacial score (nSPS) is 36.1. The first-order valence-electron chi connectivity index (χ1n) is 6.45. The molecule has 0 aromatic rings. The molecule has 3 nitrogen and oxygen atoms in total. The first kappa shape index (κ1) is 11.9. The Kier molecular flexibility index (Phi) is 3.53. The van der Waals surface area contributed by atoms with Crippen LogP contribution in [0.25, 0.3) is 0 Å². The zero-order chi connectivity index (χ0) is 11.7. The Morgan fingerprint density at radius 1 is 1.31 bits per heavy atom. The Morgan fingerprint density at radius 3 is 2.56 bits per heavy atom. The molecule has 0 amide bonds. The van der Waals surface area contributed by atoms with Crippen LogP contribution in [0.2, 0.25) is 0 Å². The molecular formula is C13H23NO2. The summed E-state index contributed by atoms with van der Waals surface area (Å²) in [6.07, 6.45) is 5.60. The van der Waals surface area contributed by atoms with Gasteiger partial charge in [0.1, 0.15) is 6.04 Å². The molecule has 0 saturated heterocycles. The zero-order valence-electron chi connectivity index (χ0n) is 10.5. The molecule has 0 heterocycles. The summed E-state index contributed by atoms with van der Waals surface area (Å²) in [4.78, 5) is 11.3. The number of nitrogens with one attached hydrogen (secondary N) is 1. The number of hydrogen-bond acceptors (Lipinski definition) is 3. The maximum atomic E-state index is 11.3. The van der Waals surface area contributed by atoms with Crippen molar-refractivity contribution in [3.8, 4) is 0 Å². The summed E-state index contributed by atoms with van der Waals surface area (Å²) in [7, 11) is 1.45. The minimum Gasteiger partial charge on any atom is -0.468 e. The van der Waals surface area contributed by atoms with Gasteiger partial charge in [-0.25, -0.2) is 0 Å². The smallest absolute Gasteiger partial charge is 0.322 e. The molecule has 0 aromatic heterocycles. The van der Waals surface area contributed by atoms with Crippen molar-refractivity contribution in [1.29, 1.82) is 0 Å². The second kappa shape index (κ2) is 4.74. The van der Waals surface area contributed by atoms with Crippen molar-refractivity contribution in [2.45, 2.75) is 51.6 Å². The topological polar surface area (TPSA) is 38.3 Å². The number of carbonyl (C=O) groups excluding carboxylic acids is 1. The lowest BCUT2D eigenvalue weighted by Gasteiger charge is -2.30. The Morgan fingerprint density at radius 2 is 2.06 bits per heavy atom. The highest BCUT2D eigenvalue weighted by atomic mass is 16.5. The first-order chi connectivity index (χ1) is 7.61. The summed E-state index contributed by atoms with van der Waals surface area (Å²) < 4.78 is 4.74. The van der Waals surface area contributed by atoms with Gasteiger partial charge in [0.05, 0.1) is 7.11 Å². The number of methoxy groups -OCH3 is 1. The van der Waals surface area contributed by atoms with Crippen molar-refractivity contribution in [1.82, 2.24) is 5.32 Å². The molecule has 0 spiro atoms. The van der Waals surface area contributed by atoms with Gasteiger partial charge in [-0.15, -0.1) is 0 Å². The van der Waals surface area contributed by atoms with E-state index in [0.29, 0.717) is 6.04 Å². The molecule has 3 heteroatoms. The zero-order valence-corrected chi connectivity index (χ0v) is 10.5. The van der Waals surface area contributed by atoms with Crippen LogP contribution in [-0.4, -0.2) is 25.2 Å². The van der Waals surface area contributed by atoms with Gasteiger partial charge in [-0.3, -0.25) is 4.79 Å². The minimum atomic E-state index is -0.181.